The third kappa shape index (κ3) is 2.21. The molecule has 0 radical (unpaired) electrons. The van der Waals surface area contributed by atoms with E-state index in [4.69, 9.17) is 11.6 Å². The summed E-state index contributed by atoms with van der Waals surface area (Å²) in [5.41, 5.74) is 10.3. The fourth-order valence-electron chi connectivity index (χ4n) is 1.46. The Bertz CT molecular complexity index is 303. The molecule has 5 N–H and O–H groups in total. The standard InChI is InChI=1S/C10H18N4/c1-10(2,3)9(14-12)7-6-13-5-4-8(7)11/h4-6,9,14H,12H2,1-3H3,(H2,11,13). The van der Waals surface area contributed by atoms with Gasteiger partial charge < -0.3 is 5.73 Å². The van der Waals surface area contributed by atoms with Crippen LogP contribution < -0.4 is 17.0 Å². The van der Waals surface area contributed by atoms with Crippen LogP contribution in [-0.4, -0.2) is 4.98 Å². The second-order valence-electron chi connectivity index (χ2n) is 4.47. The predicted octanol–water partition coefficient (Wildman–Crippen LogP) is 1.21. The first kappa shape index (κ1) is 10.9. The molecular weight excluding hydrogens is 176 g/mol. The number of nitrogens with zero attached hydrogens (tertiary/aromatic N) is 1. The fraction of sp³-hybridized carbons (Fsp3) is 0.500. The normalized spacial score (nSPS) is 14.0. The highest BCUT2D eigenvalue weighted by molar-refractivity contribution is 5.46. The summed E-state index contributed by atoms with van der Waals surface area (Å²) in [5.74, 6) is 5.53. The van der Waals surface area contributed by atoms with Crippen LogP contribution in [-0.2, 0) is 0 Å². The molecule has 14 heavy (non-hydrogen) atoms. The number of nitrogen functional groups attached to an aromatic ring is 1. The predicted molar refractivity (Wildman–Crippen MR) is 58.2 cm³/mol. The summed E-state index contributed by atoms with van der Waals surface area (Å²) in [4.78, 5) is 4.05. The summed E-state index contributed by atoms with van der Waals surface area (Å²) in [7, 11) is 0. The quantitative estimate of drug-likeness (QED) is 0.488. The van der Waals surface area contributed by atoms with Gasteiger partial charge in [0.25, 0.3) is 0 Å². The topological polar surface area (TPSA) is 77.0 Å². The Kier molecular flexibility index (Phi) is 3.08. The van der Waals surface area contributed by atoms with Gasteiger partial charge in [0.2, 0.25) is 0 Å². The summed E-state index contributed by atoms with van der Waals surface area (Å²) in [6.07, 6.45) is 3.43. The summed E-state index contributed by atoms with van der Waals surface area (Å²) in [6.45, 7) is 6.30. The Hall–Kier alpha value is -1.13. The zero-order chi connectivity index (χ0) is 10.8. The zero-order valence-corrected chi connectivity index (χ0v) is 8.91. The van der Waals surface area contributed by atoms with Gasteiger partial charge in [-0.2, -0.15) is 0 Å². The Morgan fingerprint density at radius 2 is 2.07 bits per heavy atom. The third-order valence-electron chi connectivity index (χ3n) is 2.23. The molecule has 0 spiro atoms. The lowest BCUT2D eigenvalue weighted by molar-refractivity contribution is 0.276. The molecule has 0 aliphatic rings. The molecule has 1 heterocycles. The number of aromatic nitrogens is 1. The number of pyridine rings is 1. The van der Waals surface area contributed by atoms with Crippen molar-refractivity contribution >= 4 is 5.69 Å². The number of hydrazine groups is 1. The second kappa shape index (κ2) is 3.94. The van der Waals surface area contributed by atoms with Gasteiger partial charge in [-0.15, -0.1) is 0 Å². The van der Waals surface area contributed by atoms with Crippen LogP contribution in [0.15, 0.2) is 18.5 Å². The van der Waals surface area contributed by atoms with Crippen molar-refractivity contribution in [3.05, 3.63) is 24.0 Å². The molecule has 4 nitrogen and oxygen atoms in total. The second-order valence-corrected chi connectivity index (χ2v) is 4.47. The molecule has 4 heteroatoms. The molecule has 0 aromatic carbocycles. The highest BCUT2D eigenvalue weighted by Gasteiger charge is 2.26. The smallest absolute Gasteiger partial charge is 0.0543 e. The molecule has 1 aromatic rings. The number of anilines is 1. The Balaban J connectivity index is 3.08. The maximum Gasteiger partial charge on any atom is 0.0543 e. The SMILES string of the molecule is CC(C)(C)C(NN)c1cnccc1N. The van der Waals surface area contributed by atoms with Crippen molar-refractivity contribution in [2.24, 2.45) is 11.3 Å². The lowest BCUT2D eigenvalue weighted by Gasteiger charge is -2.30. The van der Waals surface area contributed by atoms with E-state index in [1.54, 1.807) is 18.5 Å². The van der Waals surface area contributed by atoms with E-state index < -0.39 is 0 Å². The van der Waals surface area contributed by atoms with Crippen LogP contribution >= 0.6 is 0 Å². The van der Waals surface area contributed by atoms with E-state index in [0.29, 0.717) is 0 Å². The molecule has 78 valence electrons. The molecule has 1 aromatic heterocycles. The lowest BCUT2D eigenvalue weighted by Crippen LogP contribution is -2.37. The van der Waals surface area contributed by atoms with Gasteiger partial charge in [-0.1, -0.05) is 20.8 Å². The van der Waals surface area contributed by atoms with E-state index in [-0.39, 0.29) is 11.5 Å². The molecule has 0 bridgehead atoms. The molecule has 1 unspecified atom stereocenters. The zero-order valence-electron chi connectivity index (χ0n) is 8.91. The molecule has 1 atom stereocenters. The number of rotatable bonds is 2. The summed E-state index contributed by atoms with van der Waals surface area (Å²) in [5, 5.41) is 0. The minimum absolute atomic E-state index is 0.00586. The van der Waals surface area contributed by atoms with Crippen molar-refractivity contribution in [2.45, 2.75) is 26.8 Å². The minimum atomic E-state index is 0.00586. The first-order valence-corrected chi connectivity index (χ1v) is 4.62. The van der Waals surface area contributed by atoms with E-state index in [2.05, 4.69) is 31.2 Å². The summed E-state index contributed by atoms with van der Waals surface area (Å²) >= 11 is 0. The van der Waals surface area contributed by atoms with E-state index in [1.807, 2.05) is 0 Å². The highest BCUT2D eigenvalue weighted by Crippen LogP contribution is 2.34. The van der Waals surface area contributed by atoms with Crippen LogP contribution in [0.3, 0.4) is 0 Å². The summed E-state index contributed by atoms with van der Waals surface area (Å²) in [6, 6.07) is 1.79. The first-order chi connectivity index (χ1) is 6.46. The molecule has 0 fully saturated rings. The van der Waals surface area contributed by atoms with Gasteiger partial charge >= 0.3 is 0 Å². The van der Waals surface area contributed by atoms with Gasteiger partial charge in [-0.25, -0.2) is 0 Å². The van der Waals surface area contributed by atoms with Crippen LogP contribution in [0.25, 0.3) is 0 Å². The monoisotopic (exact) mass is 194 g/mol. The molecule has 1 rings (SSSR count). The summed E-state index contributed by atoms with van der Waals surface area (Å²) < 4.78 is 0. The maximum absolute atomic E-state index is 5.86. The molecule has 0 aliphatic carbocycles. The van der Waals surface area contributed by atoms with Crippen LogP contribution in [0.5, 0.6) is 0 Å². The molecular formula is C10H18N4. The molecule has 0 saturated heterocycles. The Morgan fingerprint density at radius 1 is 1.43 bits per heavy atom. The van der Waals surface area contributed by atoms with Crippen LogP contribution in [0.4, 0.5) is 5.69 Å². The van der Waals surface area contributed by atoms with Gasteiger partial charge in [-0.05, 0) is 11.5 Å². The van der Waals surface area contributed by atoms with Gasteiger partial charge in [-0.3, -0.25) is 16.3 Å². The maximum atomic E-state index is 5.86. The Labute approximate surface area is 84.7 Å². The van der Waals surface area contributed by atoms with Crippen LogP contribution in [0, 0.1) is 5.41 Å². The van der Waals surface area contributed by atoms with E-state index in [9.17, 15) is 0 Å². The number of nitrogens with one attached hydrogen (secondary N) is 1. The van der Waals surface area contributed by atoms with Crippen molar-refractivity contribution < 1.29 is 0 Å². The number of hydrogen-bond donors (Lipinski definition) is 3. The molecule has 0 aliphatic heterocycles. The van der Waals surface area contributed by atoms with Crippen LogP contribution in [0.1, 0.15) is 32.4 Å². The molecule has 0 saturated carbocycles. The van der Waals surface area contributed by atoms with Crippen LogP contribution in [0.2, 0.25) is 0 Å². The van der Waals surface area contributed by atoms with Crippen molar-refractivity contribution in [1.29, 1.82) is 0 Å². The van der Waals surface area contributed by atoms with Gasteiger partial charge in [0.05, 0.1) is 6.04 Å². The minimum Gasteiger partial charge on any atom is -0.398 e. The van der Waals surface area contributed by atoms with Crippen molar-refractivity contribution in [3.8, 4) is 0 Å². The van der Waals surface area contributed by atoms with Crippen molar-refractivity contribution in [1.82, 2.24) is 10.4 Å². The van der Waals surface area contributed by atoms with Crippen molar-refractivity contribution in [2.75, 3.05) is 5.73 Å². The van der Waals surface area contributed by atoms with Gasteiger partial charge in [0.1, 0.15) is 0 Å². The highest BCUT2D eigenvalue weighted by atomic mass is 15.2. The third-order valence-corrected chi connectivity index (χ3v) is 2.23. The van der Waals surface area contributed by atoms with E-state index in [0.717, 1.165) is 11.3 Å². The number of hydrogen-bond acceptors (Lipinski definition) is 4. The average molecular weight is 194 g/mol. The largest absolute Gasteiger partial charge is 0.398 e. The first-order valence-electron chi connectivity index (χ1n) is 4.62. The van der Waals surface area contributed by atoms with Crippen molar-refractivity contribution in [3.63, 3.8) is 0 Å². The molecule has 0 amide bonds. The Morgan fingerprint density at radius 3 is 2.50 bits per heavy atom. The average Bonchev–Trinajstić information content (AvgIpc) is 2.07. The fourth-order valence-corrected chi connectivity index (χ4v) is 1.46. The van der Waals surface area contributed by atoms with Gasteiger partial charge in [0.15, 0.2) is 0 Å². The number of nitrogens with two attached hydrogens (primary N) is 2. The van der Waals surface area contributed by atoms with E-state index >= 15 is 0 Å². The van der Waals surface area contributed by atoms with Gasteiger partial charge in [0, 0.05) is 23.6 Å². The van der Waals surface area contributed by atoms with E-state index in [1.165, 1.54) is 0 Å². The lowest BCUT2D eigenvalue weighted by atomic mass is 9.83.